The molecule has 2 amide bonds. The molecule has 1 aliphatic carbocycles. The highest BCUT2D eigenvalue weighted by Crippen LogP contribution is 2.49. The van der Waals surface area contributed by atoms with Gasteiger partial charge in [-0.15, -0.1) is 11.3 Å². The number of thiophene rings is 1. The van der Waals surface area contributed by atoms with Crippen LogP contribution in [0, 0.1) is 0 Å². The number of nitrogens with one attached hydrogen (secondary N) is 2. The third-order valence-electron chi connectivity index (χ3n) is 4.23. The first kappa shape index (κ1) is 15.7. The van der Waals surface area contributed by atoms with E-state index in [1.165, 1.54) is 4.88 Å². The quantitative estimate of drug-likeness (QED) is 0.799. The fraction of sp³-hybridized carbons (Fsp3) is 0.333. The molecule has 1 aromatic heterocycles. The number of hydrogen-bond acceptors (Lipinski definition) is 3. The summed E-state index contributed by atoms with van der Waals surface area (Å²) in [6.07, 6.45) is 2.87. The van der Waals surface area contributed by atoms with Crippen molar-refractivity contribution in [3.05, 3.63) is 58.3 Å². The van der Waals surface area contributed by atoms with Crippen LogP contribution >= 0.6 is 11.3 Å². The Kier molecular flexibility index (Phi) is 4.76. The zero-order valence-corrected chi connectivity index (χ0v) is 13.7. The highest BCUT2D eigenvalue weighted by molar-refractivity contribution is 7.10. The molecule has 0 unspecified atom stereocenters. The Bertz CT molecular complexity index is 664. The van der Waals surface area contributed by atoms with Gasteiger partial charge in [0.05, 0.1) is 0 Å². The number of benzene rings is 1. The van der Waals surface area contributed by atoms with Crippen LogP contribution in [0.25, 0.3) is 0 Å². The van der Waals surface area contributed by atoms with Gasteiger partial charge in [-0.2, -0.15) is 0 Å². The smallest absolute Gasteiger partial charge is 0.309 e. The molecule has 0 atom stereocenters. The summed E-state index contributed by atoms with van der Waals surface area (Å²) in [6, 6.07) is 14.0. The monoisotopic (exact) mass is 328 g/mol. The number of rotatable bonds is 6. The van der Waals surface area contributed by atoms with Crippen molar-refractivity contribution >= 4 is 23.2 Å². The lowest BCUT2D eigenvalue weighted by atomic mass is 10.1. The summed E-state index contributed by atoms with van der Waals surface area (Å²) in [5, 5.41) is 7.50. The molecule has 3 rings (SSSR count). The van der Waals surface area contributed by atoms with E-state index in [0.29, 0.717) is 13.1 Å². The second-order valence-electron chi connectivity index (χ2n) is 5.93. The van der Waals surface area contributed by atoms with Crippen molar-refractivity contribution in [1.29, 1.82) is 0 Å². The Morgan fingerprint density at radius 1 is 1.00 bits per heavy atom. The zero-order valence-electron chi connectivity index (χ0n) is 12.9. The molecule has 0 bridgehead atoms. The molecular formula is C18H20N2O2S. The Morgan fingerprint density at radius 3 is 2.39 bits per heavy atom. The van der Waals surface area contributed by atoms with Crippen molar-refractivity contribution in [2.45, 2.75) is 24.7 Å². The fourth-order valence-corrected chi connectivity index (χ4v) is 3.60. The topological polar surface area (TPSA) is 58.2 Å². The van der Waals surface area contributed by atoms with Gasteiger partial charge in [0.25, 0.3) is 0 Å². The van der Waals surface area contributed by atoms with E-state index in [9.17, 15) is 9.59 Å². The second kappa shape index (κ2) is 6.96. The van der Waals surface area contributed by atoms with E-state index in [1.54, 1.807) is 11.3 Å². The molecule has 2 aromatic rings. The first-order valence-corrected chi connectivity index (χ1v) is 8.72. The highest BCUT2D eigenvalue weighted by Gasteiger charge is 2.45. The maximum atomic E-state index is 11.9. The van der Waals surface area contributed by atoms with Gasteiger partial charge >= 0.3 is 11.8 Å². The van der Waals surface area contributed by atoms with Crippen molar-refractivity contribution in [2.75, 3.05) is 13.1 Å². The average molecular weight is 328 g/mol. The molecule has 1 heterocycles. The molecule has 1 aliphatic rings. The van der Waals surface area contributed by atoms with Crippen molar-refractivity contribution in [1.82, 2.24) is 10.6 Å². The van der Waals surface area contributed by atoms with Crippen LogP contribution in [0.5, 0.6) is 0 Å². The molecule has 0 radical (unpaired) electrons. The number of carbonyl (C=O) groups is 2. The molecule has 0 aliphatic heterocycles. The fourth-order valence-electron chi connectivity index (χ4n) is 2.62. The maximum absolute atomic E-state index is 11.9. The zero-order chi connectivity index (χ0) is 16.1. The third-order valence-corrected chi connectivity index (χ3v) is 5.35. The van der Waals surface area contributed by atoms with Crippen LogP contribution in [-0.2, 0) is 21.4 Å². The van der Waals surface area contributed by atoms with Gasteiger partial charge in [0.2, 0.25) is 0 Å². The standard InChI is InChI=1S/C18H20N2O2S/c21-16(19-11-8-14-5-2-1-3-6-14)17(22)20-13-18(9-10-18)15-7-4-12-23-15/h1-7,12H,8-11,13H2,(H,19,21)(H,20,22). The van der Waals surface area contributed by atoms with E-state index in [2.05, 4.69) is 16.7 Å². The largest absolute Gasteiger partial charge is 0.348 e. The molecule has 0 saturated heterocycles. The summed E-state index contributed by atoms with van der Waals surface area (Å²) in [5.74, 6) is -1.09. The van der Waals surface area contributed by atoms with E-state index >= 15 is 0 Å². The van der Waals surface area contributed by atoms with Gasteiger partial charge in [-0.25, -0.2) is 0 Å². The SMILES string of the molecule is O=C(NCCc1ccccc1)C(=O)NCC1(c2cccs2)CC1. The summed E-state index contributed by atoms with van der Waals surface area (Å²) >= 11 is 1.71. The van der Waals surface area contributed by atoms with Gasteiger partial charge in [-0.3, -0.25) is 9.59 Å². The first-order valence-electron chi connectivity index (χ1n) is 7.84. The molecule has 4 nitrogen and oxygen atoms in total. The van der Waals surface area contributed by atoms with Gasteiger partial charge in [0, 0.05) is 23.4 Å². The van der Waals surface area contributed by atoms with Crippen LogP contribution in [0.3, 0.4) is 0 Å². The van der Waals surface area contributed by atoms with Crippen molar-refractivity contribution < 1.29 is 9.59 Å². The van der Waals surface area contributed by atoms with E-state index < -0.39 is 11.8 Å². The van der Waals surface area contributed by atoms with Crippen molar-refractivity contribution in [2.24, 2.45) is 0 Å². The van der Waals surface area contributed by atoms with Gasteiger partial charge in [-0.05, 0) is 36.3 Å². The molecule has 0 spiro atoms. The van der Waals surface area contributed by atoms with Crippen molar-refractivity contribution in [3.8, 4) is 0 Å². The second-order valence-corrected chi connectivity index (χ2v) is 6.88. The molecule has 1 fully saturated rings. The third kappa shape index (κ3) is 3.99. The van der Waals surface area contributed by atoms with Gasteiger partial charge in [-0.1, -0.05) is 36.4 Å². The predicted molar refractivity (Wildman–Crippen MR) is 91.4 cm³/mol. The number of hydrogen-bond donors (Lipinski definition) is 2. The minimum atomic E-state index is -0.553. The number of carbonyl (C=O) groups excluding carboxylic acids is 2. The maximum Gasteiger partial charge on any atom is 0.309 e. The lowest BCUT2D eigenvalue weighted by Crippen LogP contribution is -2.43. The highest BCUT2D eigenvalue weighted by atomic mass is 32.1. The molecule has 23 heavy (non-hydrogen) atoms. The van der Waals surface area contributed by atoms with Gasteiger partial charge < -0.3 is 10.6 Å². The molecule has 1 aromatic carbocycles. The molecule has 5 heteroatoms. The first-order chi connectivity index (χ1) is 11.2. The summed E-state index contributed by atoms with van der Waals surface area (Å²) in [6.45, 7) is 1.00. The predicted octanol–water partition coefficient (Wildman–Crippen LogP) is 2.25. The lowest BCUT2D eigenvalue weighted by Gasteiger charge is -2.14. The van der Waals surface area contributed by atoms with Gasteiger partial charge in [0.15, 0.2) is 0 Å². The molecule has 2 N–H and O–H groups in total. The Labute approximate surface area is 139 Å². The molecular weight excluding hydrogens is 308 g/mol. The Balaban J connectivity index is 1.41. The normalized spacial score (nSPS) is 15.0. The van der Waals surface area contributed by atoms with E-state index in [0.717, 1.165) is 24.8 Å². The summed E-state index contributed by atoms with van der Waals surface area (Å²) in [7, 11) is 0. The Hall–Kier alpha value is -2.14. The van der Waals surface area contributed by atoms with E-state index in [-0.39, 0.29) is 5.41 Å². The summed E-state index contributed by atoms with van der Waals surface area (Å²) < 4.78 is 0. The summed E-state index contributed by atoms with van der Waals surface area (Å²) in [5.41, 5.74) is 1.21. The minimum Gasteiger partial charge on any atom is -0.348 e. The van der Waals surface area contributed by atoms with E-state index in [1.807, 2.05) is 41.8 Å². The van der Waals surface area contributed by atoms with Crippen LogP contribution < -0.4 is 10.6 Å². The van der Waals surface area contributed by atoms with Crippen molar-refractivity contribution in [3.63, 3.8) is 0 Å². The van der Waals surface area contributed by atoms with Crippen LogP contribution in [0.2, 0.25) is 0 Å². The average Bonchev–Trinajstić information content (AvgIpc) is 3.16. The van der Waals surface area contributed by atoms with Crippen LogP contribution in [0.4, 0.5) is 0 Å². The van der Waals surface area contributed by atoms with Gasteiger partial charge in [0.1, 0.15) is 0 Å². The van der Waals surface area contributed by atoms with Crippen LogP contribution in [-0.4, -0.2) is 24.9 Å². The lowest BCUT2D eigenvalue weighted by molar-refractivity contribution is -0.139. The summed E-state index contributed by atoms with van der Waals surface area (Å²) in [4.78, 5) is 25.0. The Morgan fingerprint density at radius 2 is 1.74 bits per heavy atom. The van der Waals surface area contributed by atoms with Crippen LogP contribution in [0.1, 0.15) is 23.3 Å². The number of amides is 2. The minimum absolute atomic E-state index is 0.0636. The van der Waals surface area contributed by atoms with Crippen LogP contribution in [0.15, 0.2) is 47.8 Å². The van der Waals surface area contributed by atoms with E-state index in [4.69, 9.17) is 0 Å². The molecule has 120 valence electrons. The molecule has 1 saturated carbocycles.